The monoisotopic (exact) mass is 255 g/mol. The van der Waals surface area contributed by atoms with Crippen LogP contribution in [0.5, 0.6) is 0 Å². The van der Waals surface area contributed by atoms with E-state index < -0.39 is 0 Å². The summed E-state index contributed by atoms with van der Waals surface area (Å²) in [7, 11) is 2.22. The van der Waals surface area contributed by atoms with Crippen molar-refractivity contribution in [3.05, 3.63) is 0 Å². The third-order valence-electron chi connectivity index (χ3n) is 3.38. The van der Waals surface area contributed by atoms with Gasteiger partial charge in [-0.25, -0.2) is 0 Å². The van der Waals surface area contributed by atoms with Gasteiger partial charge in [-0.3, -0.25) is 4.90 Å². The Balaban J connectivity index is 0.000000980. The van der Waals surface area contributed by atoms with Crippen molar-refractivity contribution < 1.29 is 0 Å². The molecule has 0 saturated carbocycles. The van der Waals surface area contributed by atoms with Crippen LogP contribution < -0.4 is 5.32 Å². The summed E-state index contributed by atoms with van der Waals surface area (Å²) in [6, 6.07) is 1.54. The molecular formula is C10H23Cl2N3. The van der Waals surface area contributed by atoms with Crippen LogP contribution in [0.4, 0.5) is 0 Å². The van der Waals surface area contributed by atoms with E-state index in [-0.39, 0.29) is 24.8 Å². The predicted octanol–water partition coefficient (Wildman–Crippen LogP) is 0.828. The molecule has 0 radical (unpaired) electrons. The molecule has 2 rings (SSSR count). The van der Waals surface area contributed by atoms with Crippen LogP contribution in [0.25, 0.3) is 0 Å². The van der Waals surface area contributed by atoms with E-state index in [0.717, 1.165) is 12.1 Å². The van der Waals surface area contributed by atoms with Crippen LogP contribution in [0.3, 0.4) is 0 Å². The van der Waals surface area contributed by atoms with Crippen molar-refractivity contribution in [2.24, 2.45) is 0 Å². The molecule has 5 heteroatoms. The standard InChI is InChI=1S/C10H21N3.2ClH/c1-9-7-10(8-11-9)13-5-3-12(2)4-6-13;;/h9-11H,3-8H2,1-2H3;2*1H/t9-,10-;;/m0../s1. The van der Waals surface area contributed by atoms with Crippen LogP contribution in [-0.2, 0) is 0 Å². The normalized spacial score (nSPS) is 33.2. The number of hydrogen-bond acceptors (Lipinski definition) is 3. The molecule has 2 atom stereocenters. The van der Waals surface area contributed by atoms with Crippen molar-refractivity contribution >= 4 is 24.8 Å². The van der Waals surface area contributed by atoms with Gasteiger partial charge in [-0.15, -0.1) is 24.8 Å². The molecule has 3 nitrogen and oxygen atoms in total. The van der Waals surface area contributed by atoms with Crippen LogP contribution in [0.2, 0.25) is 0 Å². The number of nitrogens with zero attached hydrogens (tertiary/aromatic N) is 2. The first-order valence-electron chi connectivity index (χ1n) is 5.41. The van der Waals surface area contributed by atoms with Crippen molar-refractivity contribution in [2.75, 3.05) is 39.8 Å². The van der Waals surface area contributed by atoms with Gasteiger partial charge in [0.05, 0.1) is 0 Å². The Morgan fingerprint density at radius 2 is 1.67 bits per heavy atom. The summed E-state index contributed by atoms with van der Waals surface area (Å²) < 4.78 is 0. The highest BCUT2D eigenvalue weighted by molar-refractivity contribution is 5.85. The second kappa shape index (κ2) is 6.92. The van der Waals surface area contributed by atoms with Crippen molar-refractivity contribution in [3.63, 3.8) is 0 Å². The van der Waals surface area contributed by atoms with Crippen molar-refractivity contribution in [2.45, 2.75) is 25.4 Å². The lowest BCUT2D eigenvalue weighted by Crippen LogP contribution is -2.49. The van der Waals surface area contributed by atoms with Gasteiger partial charge in [-0.1, -0.05) is 0 Å². The molecule has 0 amide bonds. The summed E-state index contributed by atoms with van der Waals surface area (Å²) in [6.07, 6.45) is 1.34. The van der Waals surface area contributed by atoms with Gasteiger partial charge in [0, 0.05) is 44.8 Å². The van der Waals surface area contributed by atoms with Gasteiger partial charge in [0.1, 0.15) is 0 Å². The van der Waals surface area contributed by atoms with Crippen LogP contribution >= 0.6 is 24.8 Å². The van der Waals surface area contributed by atoms with Crippen molar-refractivity contribution in [1.82, 2.24) is 15.1 Å². The zero-order valence-electron chi connectivity index (χ0n) is 9.61. The Morgan fingerprint density at radius 1 is 1.07 bits per heavy atom. The molecule has 0 aromatic rings. The molecule has 2 saturated heterocycles. The average Bonchev–Trinajstić information content (AvgIpc) is 2.53. The Labute approximate surface area is 105 Å². The molecule has 0 aliphatic carbocycles. The fraction of sp³-hybridized carbons (Fsp3) is 1.00. The average molecular weight is 256 g/mol. The molecule has 1 N–H and O–H groups in total. The summed E-state index contributed by atoms with van der Waals surface area (Å²) in [5, 5.41) is 3.52. The van der Waals surface area contributed by atoms with Gasteiger partial charge in [-0.05, 0) is 20.4 Å². The first-order chi connectivity index (χ1) is 6.25. The third-order valence-corrected chi connectivity index (χ3v) is 3.38. The minimum absolute atomic E-state index is 0. The lowest BCUT2D eigenvalue weighted by molar-refractivity contribution is 0.118. The maximum Gasteiger partial charge on any atom is 0.0236 e. The summed E-state index contributed by atoms with van der Waals surface area (Å²) >= 11 is 0. The Kier molecular flexibility index (Phi) is 7.13. The fourth-order valence-corrected chi connectivity index (χ4v) is 2.38. The van der Waals surface area contributed by atoms with E-state index in [4.69, 9.17) is 0 Å². The molecule has 0 bridgehead atoms. The summed E-state index contributed by atoms with van der Waals surface area (Å²) in [6.45, 7) is 8.49. The number of likely N-dealkylation sites (N-methyl/N-ethyl adjacent to an activating group) is 1. The van der Waals surface area contributed by atoms with E-state index in [0.29, 0.717) is 0 Å². The maximum absolute atomic E-state index is 3.52. The molecule has 15 heavy (non-hydrogen) atoms. The Hall–Kier alpha value is 0.460. The topological polar surface area (TPSA) is 18.5 Å². The largest absolute Gasteiger partial charge is 0.313 e. The molecule has 2 aliphatic heterocycles. The summed E-state index contributed by atoms with van der Waals surface area (Å²) in [4.78, 5) is 5.07. The molecule has 0 unspecified atom stereocenters. The van der Waals surface area contributed by atoms with Crippen LogP contribution in [0.15, 0.2) is 0 Å². The van der Waals surface area contributed by atoms with Gasteiger partial charge in [0.15, 0.2) is 0 Å². The Bertz CT molecular complexity index is 172. The molecule has 0 aromatic heterocycles. The van der Waals surface area contributed by atoms with E-state index in [1.54, 1.807) is 0 Å². The number of rotatable bonds is 1. The highest BCUT2D eigenvalue weighted by atomic mass is 35.5. The summed E-state index contributed by atoms with van der Waals surface area (Å²) in [5.41, 5.74) is 0. The lowest BCUT2D eigenvalue weighted by atomic mass is 10.1. The van der Waals surface area contributed by atoms with Crippen molar-refractivity contribution in [1.29, 1.82) is 0 Å². The van der Waals surface area contributed by atoms with Gasteiger partial charge in [0.2, 0.25) is 0 Å². The number of halogens is 2. The number of piperazine rings is 1. The minimum Gasteiger partial charge on any atom is -0.313 e. The molecule has 2 aliphatic rings. The van der Waals surface area contributed by atoms with Gasteiger partial charge in [-0.2, -0.15) is 0 Å². The zero-order chi connectivity index (χ0) is 9.26. The summed E-state index contributed by atoms with van der Waals surface area (Å²) in [5.74, 6) is 0. The first kappa shape index (κ1) is 15.5. The van der Waals surface area contributed by atoms with Gasteiger partial charge >= 0.3 is 0 Å². The van der Waals surface area contributed by atoms with E-state index in [1.165, 1.54) is 39.1 Å². The minimum atomic E-state index is 0. The van der Waals surface area contributed by atoms with E-state index in [2.05, 4.69) is 29.1 Å². The van der Waals surface area contributed by atoms with Crippen LogP contribution in [-0.4, -0.2) is 61.7 Å². The predicted molar refractivity (Wildman–Crippen MR) is 69.4 cm³/mol. The molecule has 0 spiro atoms. The number of nitrogens with one attached hydrogen (secondary N) is 1. The fourth-order valence-electron chi connectivity index (χ4n) is 2.38. The first-order valence-corrected chi connectivity index (χ1v) is 5.41. The number of hydrogen-bond donors (Lipinski definition) is 1. The second-order valence-electron chi connectivity index (χ2n) is 4.54. The maximum atomic E-state index is 3.52. The molecule has 0 aromatic carbocycles. The van der Waals surface area contributed by atoms with Crippen molar-refractivity contribution in [3.8, 4) is 0 Å². The molecular weight excluding hydrogens is 233 g/mol. The SMILES string of the molecule is C[C@H]1C[C@H](N2CCN(C)CC2)CN1.Cl.Cl. The van der Waals surface area contributed by atoms with Crippen LogP contribution in [0, 0.1) is 0 Å². The van der Waals surface area contributed by atoms with Crippen LogP contribution in [0.1, 0.15) is 13.3 Å². The Morgan fingerprint density at radius 3 is 2.13 bits per heavy atom. The zero-order valence-corrected chi connectivity index (χ0v) is 11.2. The highest BCUT2D eigenvalue weighted by Crippen LogP contribution is 2.14. The third kappa shape index (κ3) is 4.08. The van der Waals surface area contributed by atoms with E-state index >= 15 is 0 Å². The highest BCUT2D eigenvalue weighted by Gasteiger charge is 2.27. The van der Waals surface area contributed by atoms with E-state index in [9.17, 15) is 0 Å². The molecule has 2 fully saturated rings. The van der Waals surface area contributed by atoms with Gasteiger partial charge in [0.25, 0.3) is 0 Å². The van der Waals surface area contributed by atoms with Gasteiger partial charge < -0.3 is 10.2 Å². The smallest absolute Gasteiger partial charge is 0.0236 e. The van der Waals surface area contributed by atoms with E-state index in [1.807, 2.05) is 0 Å². The molecule has 92 valence electrons. The second-order valence-corrected chi connectivity index (χ2v) is 4.54. The lowest BCUT2D eigenvalue weighted by Gasteiger charge is -2.36. The molecule has 2 heterocycles. The quantitative estimate of drug-likeness (QED) is 0.749.